The van der Waals surface area contributed by atoms with Crippen LogP contribution < -0.4 is 10.3 Å². The molecule has 2 aromatic carbocycles. The number of hydrogen-bond acceptors (Lipinski definition) is 3. The van der Waals surface area contributed by atoms with Crippen LogP contribution in [0.1, 0.15) is 21.6 Å². The van der Waals surface area contributed by atoms with Gasteiger partial charge in [0.15, 0.2) is 0 Å². The van der Waals surface area contributed by atoms with Crippen LogP contribution in [0.3, 0.4) is 0 Å². The molecule has 0 aliphatic rings. The first kappa shape index (κ1) is 14.7. The Balaban J connectivity index is 1.93. The van der Waals surface area contributed by atoms with Crippen molar-refractivity contribution in [2.45, 2.75) is 6.92 Å². The monoisotopic (exact) mass is 307 g/mol. The molecule has 5 nitrogen and oxygen atoms in total. The quantitative estimate of drug-likeness (QED) is 0.457. The fourth-order valence-corrected chi connectivity index (χ4v) is 2.17. The highest BCUT2D eigenvalue weighted by molar-refractivity contribution is 6.04. The molecule has 0 aliphatic carbocycles. The number of nitrogens with zero attached hydrogens (tertiary/aromatic N) is 1. The number of carbonyl (C=O) groups is 1. The summed E-state index contributed by atoms with van der Waals surface area (Å²) in [5.74, 6) is -0.426. The smallest absolute Gasteiger partial charge is 0.282 e. The third kappa shape index (κ3) is 3.18. The zero-order valence-corrected chi connectivity index (χ0v) is 12.5. The van der Waals surface area contributed by atoms with E-state index in [9.17, 15) is 9.59 Å². The number of aryl methyl sites for hydroxylation is 1. The number of nitrogens with one attached hydrogen (secondary N) is 1. The van der Waals surface area contributed by atoms with Crippen LogP contribution in [0, 0.1) is 6.92 Å². The molecule has 0 atom stereocenters. The second-order valence-electron chi connectivity index (χ2n) is 5.11. The summed E-state index contributed by atoms with van der Waals surface area (Å²) < 4.78 is 6.10. The molecular weight excluding hydrogens is 292 g/mol. The molecule has 1 N–H and O–H groups in total. The number of para-hydroxylation sites is 1. The Morgan fingerprint density at radius 2 is 1.78 bits per heavy atom. The molecule has 0 amide bonds. The Morgan fingerprint density at radius 3 is 2.48 bits per heavy atom. The van der Waals surface area contributed by atoms with Crippen molar-refractivity contribution in [1.29, 1.82) is 0 Å². The Hall–Kier alpha value is -3.21. The molecule has 23 heavy (non-hydrogen) atoms. The van der Waals surface area contributed by atoms with Crippen LogP contribution in [0.5, 0.6) is 0 Å². The summed E-state index contributed by atoms with van der Waals surface area (Å²) in [6.45, 7) is 1.99. The highest BCUT2D eigenvalue weighted by Gasteiger charge is 2.28. The number of hydrogen-bond donors (Lipinski definition) is 1. The molecule has 1 heterocycles. The van der Waals surface area contributed by atoms with Gasteiger partial charge in [-0.25, -0.2) is 4.79 Å². The molecule has 1 aromatic heterocycles. The normalized spacial score (nSPS) is 11.0. The molecule has 0 unspecified atom stereocenters. The summed E-state index contributed by atoms with van der Waals surface area (Å²) in [5, 5.41) is 2.45. The maximum Gasteiger partial charge on any atom is 0.439 e. The van der Waals surface area contributed by atoms with Crippen LogP contribution >= 0.6 is 0 Å². The van der Waals surface area contributed by atoms with Crippen LogP contribution in [-0.2, 0) is 0 Å². The molecular formula is C18H15N2O3+. The third-order valence-corrected chi connectivity index (χ3v) is 3.40. The fourth-order valence-electron chi connectivity index (χ4n) is 2.17. The number of allylic oxidation sites excluding steroid dienone is 1. The van der Waals surface area contributed by atoms with Crippen molar-refractivity contribution < 1.29 is 14.0 Å². The molecule has 3 rings (SSSR count). The minimum Gasteiger partial charge on any atom is -0.282 e. The van der Waals surface area contributed by atoms with Gasteiger partial charge in [-0.15, -0.1) is 0 Å². The van der Waals surface area contributed by atoms with Crippen molar-refractivity contribution in [3.63, 3.8) is 0 Å². The Labute approximate surface area is 132 Å². The lowest BCUT2D eigenvalue weighted by atomic mass is 10.1. The number of aromatic amines is 1. The number of carbonyl (C=O) groups excluding carboxylic acids is 1. The molecule has 0 aliphatic heterocycles. The van der Waals surface area contributed by atoms with Crippen LogP contribution in [0.4, 0.5) is 0 Å². The number of ketones is 1. The van der Waals surface area contributed by atoms with E-state index < -0.39 is 11.4 Å². The first-order chi connectivity index (χ1) is 11.1. The maximum absolute atomic E-state index is 12.4. The first-order valence-electron chi connectivity index (χ1n) is 7.13. The Morgan fingerprint density at radius 1 is 1.09 bits per heavy atom. The zero-order chi connectivity index (χ0) is 16.2. The summed E-state index contributed by atoms with van der Waals surface area (Å²) in [6, 6.07) is 16.7. The number of benzene rings is 2. The van der Waals surface area contributed by atoms with Crippen LogP contribution in [0.15, 0.2) is 70.0 Å². The van der Waals surface area contributed by atoms with E-state index in [2.05, 4.69) is 5.27 Å². The molecule has 0 bridgehead atoms. The van der Waals surface area contributed by atoms with Gasteiger partial charge in [-0.05, 0) is 28.5 Å². The van der Waals surface area contributed by atoms with E-state index in [0.29, 0.717) is 5.69 Å². The SMILES string of the molecule is Cc1ccc(C=CC(=O)c2c(=O)o[nH][n+]2-c2ccccc2)cc1. The summed E-state index contributed by atoms with van der Waals surface area (Å²) in [5.41, 5.74) is 1.90. The van der Waals surface area contributed by atoms with Gasteiger partial charge in [-0.1, -0.05) is 54.1 Å². The molecule has 0 fully saturated rings. The van der Waals surface area contributed by atoms with Gasteiger partial charge in [0, 0.05) is 12.1 Å². The predicted molar refractivity (Wildman–Crippen MR) is 85.4 cm³/mol. The third-order valence-electron chi connectivity index (χ3n) is 3.40. The predicted octanol–water partition coefficient (Wildman–Crippen LogP) is 2.45. The number of H-pyrrole nitrogens is 1. The Kier molecular flexibility index (Phi) is 4.01. The van der Waals surface area contributed by atoms with Gasteiger partial charge in [-0.2, -0.15) is 0 Å². The van der Waals surface area contributed by atoms with E-state index in [0.717, 1.165) is 11.1 Å². The summed E-state index contributed by atoms with van der Waals surface area (Å²) in [6.07, 6.45) is 3.04. The number of aromatic nitrogens is 2. The first-order valence-corrected chi connectivity index (χ1v) is 7.13. The number of rotatable bonds is 4. The second-order valence-corrected chi connectivity index (χ2v) is 5.11. The molecule has 0 radical (unpaired) electrons. The van der Waals surface area contributed by atoms with E-state index in [-0.39, 0.29) is 5.69 Å². The average molecular weight is 307 g/mol. The highest BCUT2D eigenvalue weighted by atomic mass is 16.5. The van der Waals surface area contributed by atoms with Gasteiger partial charge in [0.2, 0.25) is 5.69 Å². The summed E-state index contributed by atoms with van der Waals surface area (Å²) >= 11 is 0. The lowest BCUT2D eigenvalue weighted by Gasteiger charge is -1.94. The van der Waals surface area contributed by atoms with E-state index in [1.54, 1.807) is 18.2 Å². The molecule has 0 saturated heterocycles. The minimum atomic E-state index is -0.701. The van der Waals surface area contributed by atoms with Crippen molar-refractivity contribution in [3.8, 4) is 5.69 Å². The van der Waals surface area contributed by atoms with E-state index in [4.69, 9.17) is 4.52 Å². The van der Waals surface area contributed by atoms with Crippen molar-refractivity contribution >= 4 is 11.9 Å². The van der Waals surface area contributed by atoms with Crippen molar-refractivity contribution in [2.75, 3.05) is 0 Å². The van der Waals surface area contributed by atoms with Gasteiger partial charge in [0.05, 0.1) is 0 Å². The van der Waals surface area contributed by atoms with Gasteiger partial charge < -0.3 is 0 Å². The lowest BCUT2D eigenvalue weighted by molar-refractivity contribution is -0.672. The van der Waals surface area contributed by atoms with Gasteiger partial charge >= 0.3 is 11.3 Å². The largest absolute Gasteiger partial charge is 0.439 e. The standard InChI is InChI=1S/C18H14N2O3/c1-13-7-9-14(10-8-13)11-12-16(21)17-18(22)23-19-20(17)15-5-3-2-4-6-15/h2-12H,1H3/p+1. The lowest BCUT2D eigenvalue weighted by Crippen LogP contribution is -2.40. The van der Waals surface area contributed by atoms with E-state index >= 15 is 0 Å². The van der Waals surface area contributed by atoms with Crippen molar-refractivity contribution in [2.24, 2.45) is 0 Å². The van der Waals surface area contributed by atoms with Crippen LogP contribution in [0.2, 0.25) is 0 Å². The summed E-state index contributed by atoms with van der Waals surface area (Å²) in [7, 11) is 0. The minimum absolute atomic E-state index is 0.0699. The maximum atomic E-state index is 12.4. The van der Waals surface area contributed by atoms with Gasteiger partial charge in [0.25, 0.3) is 5.78 Å². The zero-order valence-electron chi connectivity index (χ0n) is 12.5. The molecule has 0 spiro atoms. The topological polar surface area (TPSA) is 67.0 Å². The van der Waals surface area contributed by atoms with Gasteiger partial charge in [-0.3, -0.25) is 9.32 Å². The van der Waals surface area contributed by atoms with Crippen molar-refractivity contribution in [1.82, 2.24) is 5.27 Å². The van der Waals surface area contributed by atoms with Crippen LogP contribution in [0.25, 0.3) is 11.8 Å². The highest BCUT2D eigenvalue weighted by Crippen LogP contribution is 2.06. The average Bonchev–Trinajstić information content (AvgIpc) is 2.96. The molecule has 0 saturated carbocycles. The van der Waals surface area contributed by atoms with Crippen LogP contribution in [-0.4, -0.2) is 11.1 Å². The second kappa shape index (κ2) is 6.27. The van der Waals surface area contributed by atoms with E-state index in [1.165, 1.54) is 10.8 Å². The van der Waals surface area contributed by atoms with Gasteiger partial charge in [0.1, 0.15) is 0 Å². The molecule has 5 heteroatoms. The van der Waals surface area contributed by atoms with E-state index in [1.807, 2.05) is 49.4 Å². The fraction of sp³-hybridized carbons (Fsp3) is 0.0556. The molecule has 3 aromatic rings. The van der Waals surface area contributed by atoms with Crippen molar-refractivity contribution in [3.05, 3.63) is 87.9 Å². The Bertz CT molecular complexity index is 903. The molecule has 114 valence electrons. The summed E-state index contributed by atoms with van der Waals surface area (Å²) in [4.78, 5) is 24.2.